The third-order valence-electron chi connectivity index (χ3n) is 2.86. The van der Waals surface area contributed by atoms with E-state index < -0.39 is 5.97 Å². The number of halogens is 1. The first-order valence-corrected chi connectivity index (χ1v) is 6.41. The molecule has 0 saturated carbocycles. The largest absolute Gasteiger partial charge is 0.478 e. The van der Waals surface area contributed by atoms with Crippen LogP contribution in [-0.2, 0) is 0 Å². The van der Waals surface area contributed by atoms with E-state index >= 15 is 0 Å². The monoisotopic (exact) mass is 300 g/mol. The molecule has 21 heavy (non-hydrogen) atoms. The van der Waals surface area contributed by atoms with Crippen LogP contribution in [0, 0.1) is 0 Å². The molecule has 0 bridgehead atoms. The van der Waals surface area contributed by atoms with Crippen molar-refractivity contribution in [1.82, 2.24) is 20.2 Å². The lowest BCUT2D eigenvalue weighted by molar-refractivity contribution is 0.0697. The summed E-state index contributed by atoms with van der Waals surface area (Å²) in [7, 11) is 0. The fourth-order valence-corrected chi connectivity index (χ4v) is 2.08. The molecule has 0 aliphatic heterocycles. The molecule has 0 saturated heterocycles. The zero-order valence-corrected chi connectivity index (χ0v) is 11.4. The molecule has 7 heteroatoms. The smallest absolute Gasteiger partial charge is 0.335 e. The molecule has 0 amide bonds. The van der Waals surface area contributed by atoms with Gasteiger partial charge >= 0.3 is 5.97 Å². The zero-order valence-electron chi connectivity index (χ0n) is 10.6. The van der Waals surface area contributed by atoms with Gasteiger partial charge in [0.2, 0.25) is 5.82 Å². The molecular weight excluding hydrogens is 292 g/mol. The van der Waals surface area contributed by atoms with Crippen molar-refractivity contribution in [2.75, 3.05) is 0 Å². The Kier molecular flexibility index (Phi) is 3.37. The highest BCUT2D eigenvalue weighted by atomic mass is 35.5. The molecule has 1 heterocycles. The van der Waals surface area contributed by atoms with Crippen molar-refractivity contribution in [1.29, 1.82) is 0 Å². The van der Waals surface area contributed by atoms with Crippen LogP contribution >= 0.6 is 11.6 Å². The number of carboxylic acid groups (broad SMARTS) is 1. The highest BCUT2D eigenvalue weighted by Gasteiger charge is 2.12. The van der Waals surface area contributed by atoms with Crippen LogP contribution in [0.5, 0.6) is 0 Å². The van der Waals surface area contributed by atoms with Crippen LogP contribution in [0.2, 0.25) is 5.02 Å². The molecule has 0 atom stereocenters. The Morgan fingerprint density at radius 2 is 1.90 bits per heavy atom. The average Bonchev–Trinajstić information content (AvgIpc) is 2.97. The van der Waals surface area contributed by atoms with E-state index in [0.29, 0.717) is 11.5 Å². The predicted molar refractivity (Wildman–Crippen MR) is 76.6 cm³/mol. The Bertz CT molecular complexity index is 802. The summed E-state index contributed by atoms with van der Waals surface area (Å²) in [6.45, 7) is 0. The van der Waals surface area contributed by atoms with Crippen LogP contribution < -0.4 is 0 Å². The van der Waals surface area contributed by atoms with E-state index in [-0.39, 0.29) is 10.6 Å². The van der Waals surface area contributed by atoms with Gasteiger partial charge in [-0.15, -0.1) is 15.0 Å². The maximum Gasteiger partial charge on any atom is 0.335 e. The Hall–Kier alpha value is -2.73. The normalized spacial score (nSPS) is 10.5. The first-order valence-electron chi connectivity index (χ1n) is 6.04. The van der Waals surface area contributed by atoms with Gasteiger partial charge < -0.3 is 5.11 Å². The molecule has 0 aliphatic rings. The lowest BCUT2D eigenvalue weighted by Gasteiger charge is -2.02. The van der Waals surface area contributed by atoms with Crippen molar-refractivity contribution < 1.29 is 9.90 Å². The zero-order chi connectivity index (χ0) is 14.8. The van der Waals surface area contributed by atoms with E-state index in [2.05, 4.69) is 15.4 Å². The molecule has 3 rings (SSSR count). The molecule has 0 fully saturated rings. The number of hydrogen-bond donors (Lipinski definition) is 1. The van der Waals surface area contributed by atoms with E-state index in [4.69, 9.17) is 16.7 Å². The van der Waals surface area contributed by atoms with Gasteiger partial charge in [-0.3, -0.25) is 0 Å². The molecular formula is C14H9ClN4O2. The number of nitrogens with zero attached hydrogens (tertiary/aromatic N) is 4. The van der Waals surface area contributed by atoms with E-state index in [9.17, 15) is 4.79 Å². The number of tetrazole rings is 1. The third-order valence-corrected chi connectivity index (χ3v) is 3.16. The summed E-state index contributed by atoms with van der Waals surface area (Å²) < 4.78 is 0. The van der Waals surface area contributed by atoms with Crippen LogP contribution in [0.1, 0.15) is 10.4 Å². The minimum absolute atomic E-state index is 0.104. The summed E-state index contributed by atoms with van der Waals surface area (Å²) >= 11 is 6.07. The lowest BCUT2D eigenvalue weighted by Crippen LogP contribution is -2.02. The first kappa shape index (κ1) is 13.3. The number of aromatic carboxylic acids is 1. The van der Waals surface area contributed by atoms with Crippen molar-refractivity contribution in [2.45, 2.75) is 0 Å². The number of hydrogen-bond acceptors (Lipinski definition) is 4. The topological polar surface area (TPSA) is 80.9 Å². The molecule has 3 aromatic rings. The van der Waals surface area contributed by atoms with Gasteiger partial charge in [0, 0.05) is 5.56 Å². The van der Waals surface area contributed by atoms with Crippen molar-refractivity contribution in [3.63, 3.8) is 0 Å². The average molecular weight is 301 g/mol. The summed E-state index contributed by atoms with van der Waals surface area (Å²) in [5, 5.41) is 21.3. The van der Waals surface area contributed by atoms with Gasteiger partial charge in [0.1, 0.15) is 5.69 Å². The summed E-state index contributed by atoms with van der Waals surface area (Å²) in [5.74, 6) is -0.575. The SMILES string of the molecule is O=C(O)c1ccc(-n2nnc(-c3ccccc3)n2)c(Cl)c1. The Morgan fingerprint density at radius 1 is 1.14 bits per heavy atom. The van der Waals surface area contributed by atoms with Crippen molar-refractivity contribution in [3.8, 4) is 17.1 Å². The van der Waals surface area contributed by atoms with Crippen LogP contribution in [-0.4, -0.2) is 31.3 Å². The van der Waals surface area contributed by atoms with Crippen molar-refractivity contribution in [3.05, 3.63) is 59.1 Å². The number of aromatic nitrogens is 4. The molecule has 104 valence electrons. The van der Waals surface area contributed by atoms with E-state index in [0.717, 1.165) is 5.56 Å². The van der Waals surface area contributed by atoms with E-state index in [1.807, 2.05) is 30.3 Å². The van der Waals surface area contributed by atoms with Crippen LogP contribution in [0.4, 0.5) is 0 Å². The fourth-order valence-electron chi connectivity index (χ4n) is 1.82. The maximum absolute atomic E-state index is 10.9. The maximum atomic E-state index is 10.9. The quantitative estimate of drug-likeness (QED) is 0.804. The predicted octanol–water partition coefficient (Wildman–Crippen LogP) is 2.68. The number of carbonyl (C=O) groups is 1. The molecule has 6 nitrogen and oxygen atoms in total. The van der Waals surface area contributed by atoms with Gasteiger partial charge in [0.25, 0.3) is 0 Å². The molecule has 2 aromatic carbocycles. The molecule has 0 aliphatic carbocycles. The molecule has 1 N–H and O–H groups in total. The molecule has 0 unspecified atom stereocenters. The first-order chi connectivity index (χ1) is 10.1. The van der Waals surface area contributed by atoms with Crippen LogP contribution in [0.3, 0.4) is 0 Å². The molecule has 0 radical (unpaired) electrons. The fraction of sp³-hybridized carbons (Fsp3) is 0. The van der Waals surface area contributed by atoms with Gasteiger partial charge in [-0.25, -0.2) is 4.79 Å². The van der Waals surface area contributed by atoms with Crippen molar-refractivity contribution in [2.24, 2.45) is 0 Å². The lowest BCUT2D eigenvalue weighted by atomic mass is 10.2. The summed E-state index contributed by atoms with van der Waals surface area (Å²) in [5.41, 5.74) is 1.41. The van der Waals surface area contributed by atoms with Gasteiger partial charge in [-0.2, -0.15) is 0 Å². The molecule has 0 spiro atoms. The minimum Gasteiger partial charge on any atom is -0.478 e. The van der Waals surface area contributed by atoms with Gasteiger partial charge in [0.05, 0.1) is 10.6 Å². The Balaban J connectivity index is 1.99. The minimum atomic E-state index is -1.04. The Labute approximate surface area is 124 Å². The number of rotatable bonds is 3. The van der Waals surface area contributed by atoms with Gasteiger partial charge in [-0.1, -0.05) is 41.9 Å². The van der Waals surface area contributed by atoms with E-state index in [1.165, 1.54) is 16.9 Å². The third kappa shape index (κ3) is 2.61. The second kappa shape index (κ2) is 5.34. The summed E-state index contributed by atoms with van der Waals surface area (Å²) in [6, 6.07) is 13.7. The van der Waals surface area contributed by atoms with Crippen molar-refractivity contribution >= 4 is 17.6 Å². The Morgan fingerprint density at radius 3 is 2.57 bits per heavy atom. The highest BCUT2D eigenvalue weighted by Crippen LogP contribution is 2.21. The second-order valence-corrected chi connectivity index (χ2v) is 4.65. The highest BCUT2D eigenvalue weighted by molar-refractivity contribution is 6.32. The van der Waals surface area contributed by atoms with Crippen LogP contribution in [0.15, 0.2) is 48.5 Å². The van der Waals surface area contributed by atoms with Gasteiger partial charge in [-0.05, 0) is 23.4 Å². The summed E-state index contributed by atoms with van der Waals surface area (Å²) in [6.07, 6.45) is 0. The second-order valence-electron chi connectivity index (χ2n) is 4.24. The van der Waals surface area contributed by atoms with E-state index in [1.54, 1.807) is 6.07 Å². The standard InChI is InChI=1S/C14H9ClN4O2/c15-11-8-10(14(20)21)6-7-12(11)19-17-13(16-18-19)9-4-2-1-3-5-9/h1-8H,(H,20,21). The number of carboxylic acids is 1. The summed E-state index contributed by atoms with van der Waals surface area (Å²) in [4.78, 5) is 12.2. The number of benzene rings is 2. The van der Waals surface area contributed by atoms with Crippen LogP contribution in [0.25, 0.3) is 17.1 Å². The molecule has 1 aromatic heterocycles. The van der Waals surface area contributed by atoms with Gasteiger partial charge in [0.15, 0.2) is 0 Å².